The number of hydrogen-bond donors (Lipinski definition) is 2. The SMILES string of the molecule is NNC(Cc1cccnc1)Cc1ccc(Cl)cc1F. The number of hydrazine groups is 1. The van der Waals surface area contributed by atoms with Gasteiger partial charge >= 0.3 is 0 Å². The molecule has 1 atom stereocenters. The quantitative estimate of drug-likeness (QED) is 0.653. The van der Waals surface area contributed by atoms with Gasteiger partial charge in [0, 0.05) is 23.5 Å². The Morgan fingerprint density at radius 1 is 1.32 bits per heavy atom. The van der Waals surface area contributed by atoms with Crippen molar-refractivity contribution in [2.75, 3.05) is 0 Å². The summed E-state index contributed by atoms with van der Waals surface area (Å²) in [6, 6.07) is 8.46. The number of nitrogens with zero attached hydrogens (tertiary/aromatic N) is 1. The van der Waals surface area contributed by atoms with Crippen LogP contribution in [0.25, 0.3) is 0 Å². The van der Waals surface area contributed by atoms with Crippen LogP contribution in [0, 0.1) is 5.82 Å². The number of pyridine rings is 1. The summed E-state index contributed by atoms with van der Waals surface area (Å²) in [5.41, 5.74) is 4.36. The van der Waals surface area contributed by atoms with Crippen LogP contribution in [0.2, 0.25) is 5.02 Å². The van der Waals surface area contributed by atoms with Gasteiger partial charge in [0.1, 0.15) is 5.82 Å². The van der Waals surface area contributed by atoms with Crippen molar-refractivity contribution in [3.8, 4) is 0 Å². The van der Waals surface area contributed by atoms with E-state index in [-0.39, 0.29) is 11.9 Å². The first-order valence-corrected chi connectivity index (χ1v) is 6.36. The maximum absolute atomic E-state index is 13.7. The van der Waals surface area contributed by atoms with Crippen molar-refractivity contribution in [2.45, 2.75) is 18.9 Å². The third-order valence-electron chi connectivity index (χ3n) is 2.92. The largest absolute Gasteiger partial charge is 0.271 e. The van der Waals surface area contributed by atoms with Crippen LogP contribution in [0.4, 0.5) is 4.39 Å². The normalized spacial score (nSPS) is 12.4. The lowest BCUT2D eigenvalue weighted by Crippen LogP contribution is -2.38. The standard InChI is InChI=1S/C14H15ClFN3/c15-12-4-3-11(14(16)8-12)7-13(19-17)6-10-2-1-5-18-9-10/h1-5,8-9,13,19H,6-7,17H2. The Labute approximate surface area is 116 Å². The van der Waals surface area contributed by atoms with E-state index in [9.17, 15) is 4.39 Å². The van der Waals surface area contributed by atoms with E-state index in [0.717, 1.165) is 5.56 Å². The molecule has 0 aliphatic rings. The Hall–Kier alpha value is -1.49. The maximum atomic E-state index is 13.7. The van der Waals surface area contributed by atoms with Crippen molar-refractivity contribution in [2.24, 2.45) is 5.84 Å². The molecule has 5 heteroatoms. The molecule has 3 nitrogen and oxygen atoms in total. The number of hydrogen-bond acceptors (Lipinski definition) is 3. The topological polar surface area (TPSA) is 50.9 Å². The molecule has 0 saturated carbocycles. The minimum Gasteiger partial charge on any atom is -0.271 e. The van der Waals surface area contributed by atoms with Crippen molar-refractivity contribution in [1.29, 1.82) is 0 Å². The molecule has 0 aliphatic heterocycles. The minimum absolute atomic E-state index is 0.0557. The summed E-state index contributed by atoms with van der Waals surface area (Å²) in [4.78, 5) is 4.05. The van der Waals surface area contributed by atoms with E-state index in [1.165, 1.54) is 6.07 Å². The second-order valence-electron chi connectivity index (χ2n) is 4.37. The fraction of sp³-hybridized carbons (Fsp3) is 0.214. The van der Waals surface area contributed by atoms with Gasteiger partial charge in [0.2, 0.25) is 0 Å². The molecule has 100 valence electrons. The summed E-state index contributed by atoms with van der Waals surface area (Å²) >= 11 is 5.73. The zero-order chi connectivity index (χ0) is 13.7. The van der Waals surface area contributed by atoms with Crippen molar-refractivity contribution in [3.63, 3.8) is 0 Å². The Balaban J connectivity index is 2.06. The molecule has 19 heavy (non-hydrogen) atoms. The molecule has 3 N–H and O–H groups in total. The molecule has 0 bridgehead atoms. The van der Waals surface area contributed by atoms with E-state index in [1.807, 2.05) is 12.1 Å². The molecule has 2 aromatic rings. The molecular formula is C14H15ClFN3. The fourth-order valence-corrected chi connectivity index (χ4v) is 2.10. The summed E-state index contributed by atoms with van der Waals surface area (Å²) in [6.45, 7) is 0. The van der Waals surface area contributed by atoms with E-state index >= 15 is 0 Å². The van der Waals surface area contributed by atoms with Gasteiger partial charge in [0.05, 0.1) is 0 Å². The summed E-state index contributed by atoms with van der Waals surface area (Å²) in [6.07, 6.45) is 4.68. The lowest BCUT2D eigenvalue weighted by atomic mass is 10.00. The monoisotopic (exact) mass is 279 g/mol. The minimum atomic E-state index is -0.307. The third kappa shape index (κ3) is 3.99. The number of halogens is 2. The van der Waals surface area contributed by atoms with Crippen LogP contribution in [0.3, 0.4) is 0 Å². The molecule has 0 fully saturated rings. The van der Waals surface area contributed by atoms with Crippen molar-refractivity contribution in [1.82, 2.24) is 10.4 Å². The van der Waals surface area contributed by atoms with Crippen LogP contribution >= 0.6 is 11.6 Å². The van der Waals surface area contributed by atoms with Crippen LogP contribution in [0.5, 0.6) is 0 Å². The Kier molecular flexibility index (Phi) is 4.85. The highest BCUT2D eigenvalue weighted by atomic mass is 35.5. The van der Waals surface area contributed by atoms with E-state index in [2.05, 4.69) is 10.4 Å². The van der Waals surface area contributed by atoms with Crippen LogP contribution in [0.1, 0.15) is 11.1 Å². The Bertz CT molecular complexity index is 533. The molecule has 0 spiro atoms. The predicted molar refractivity (Wildman–Crippen MR) is 74.2 cm³/mol. The second-order valence-corrected chi connectivity index (χ2v) is 4.81. The number of benzene rings is 1. The first-order chi connectivity index (χ1) is 9.19. The molecule has 0 radical (unpaired) electrons. The number of nitrogens with one attached hydrogen (secondary N) is 1. The number of aromatic nitrogens is 1. The number of nitrogens with two attached hydrogens (primary N) is 1. The van der Waals surface area contributed by atoms with E-state index < -0.39 is 0 Å². The fourth-order valence-electron chi connectivity index (χ4n) is 1.95. The van der Waals surface area contributed by atoms with Gasteiger partial charge in [0.15, 0.2) is 0 Å². The lowest BCUT2D eigenvalue weighted by Gasteiger charge is -2.16. The van der Waals surface area contributed by atoms with Gasteiger partial charge in [-0.3, -0.25) is 16.3 Å². The highest BCUT2D eigenvalue weighted by Gasteiger charge is 2.12. The van der Waals surface area contributed by atoms with Crippen LogP contribution in [-0.2, 0) is 12.8 Å². The zero-order valence-corrected chi connectivity index (χ0v) is 11.1. The van der Waals surface area contributed by atoms with E-state index in [1.54, 1.807) is 24.5 Å². The van der Waals surface area contributed by atoms with Gasteiger partial charge in [-0.05, 0) is 42.2 Å². The average Bonchev–Trinajstić information content (AvgIpc) is 2.42. The average molecular weight is 280 g/mol. The molecular weight excluding hydrogens is 265 g/mol. The molecule has 1 heterocycles. The third-order valence-corrected chi connectivity index (χ3v) is 3.16. The molecule has 0 amide bonds. The van der Waals surface area contributed by atoms with Crippen molar-refractivity contribution in [3.05, 3.63) is 64.7 Å². The van der Waals surface area contributed by atoms with Gasteiger partial charge in [-0.1, -0.05) is 23.7 Å². The molecule has 0 saturated heterocycles. The van der Waals surface area contributed by atoms with E-state index in [0.29, 0.717) is 23.4 Å². The first-order valence-electron chi connectivity index (χ1n) is 5.98. The molecule has 1 aromatic carbocycles. The van der Waals surface area contributed by atoms with Crippen LogP contribution < -0.4 is 11.3 Å². The lowest BCUT2D eigenvalue weighted by molar-refractivity contribution is 0.506. The Morgan fingerprint density at radius 2 is 2.16 bits per heavy atom. The van der Waals surface area contributed by atoms with Crippen molar-refractivity contribution >= 4 is 11.6 Å². The maximum Gasteiger partial charge on any atom is 0.127 e. The highest BCUT2D eigenvalue weighted by Crippen LogP contribution is 2.17. The molecule has 1 unspecified atom stereocenters. The second kappa shape index (κ2) is 6.61. The van der Waals surface area contributed by atoms with Gasteiger partial charge in [-0.25, -0.2) is 4.39 Å². The predicted octanol–water partition coefficient (Wildman–Crippen LogP) is 2.49. The smallest absolute Gasteiger partial charge is 0.127 e. The van der Waals surface area contributed by atoms with Crippen LogP contribution in [-0.4, -0.2) is 11.0 Å². The van der Waals surface area contributed by atoms with Gasteiger partial charge in [-0.2, -0.15) is 0 Å². The van der Waals surface area contributed by atoms with Gasteiger partial charge < -0.3 is 0 Å². The molecule has 2 rings (SSSR count). The van der Waals surface area contributed by atoms with Crippen LogP contribution in [0.15, 0.2) is 42.7 Å². The summed E-state index contributed by atoms with van der Waals surface area (Å²) in [5, 5.41) is 0.394. The zero-order valence-electron chi connectivity index (χ0n) is 10.3. The Morgan fingerprint density at radius 3 is 2.79 bits per heavy atom. The summed E-state index contributed by atoms with van der Waals surface area (Å²) in [7, 11) is 0. The van der Waals surface area contributed by atoms with Gasteiger partial charge in [0.25, 0.3) is 0 Å². The number of rotatable bonds is 5. The molecule has 0 aliphatic carbocycles. The summed E-state index contributed by atoms with van der Waals surface area (Å²) in [5.74, 6) is 5.22. The molecule has 1 aromatic heterocycles. The van der Waals surface area contributed by atoms with E-state index in [4.69, 9.17) is 17.4 Å². The van der Waals surface area contributed by atoms with Gasteiger partial charge in [-0.15, -0.1) is 0 Å². The first kappa shape index (κ1) is 13.9. The highest BCUT2D eigenvalue weighted by molar-refractivity contribution is 6.30. The van der Waals surface area contributed by atoms with Crippen molar-refractivity contribution < 1.29 is 4.39 Å². The summed E-state index contributed by atoms with van der Waals surface area (Å²) < 4.78 is 13.7.